The molecule has 0 amide bonds. The number of carbonyl (C=O) groups is 2. The second-order valence-electron chi connectivity index (χ2n) is 5.40. The number of carboxylic acids is 1. The molecule has 0 aliphatic rings. The van der Waals surface area contributed by atoms with Gasteiger partial charge in [-0.3, -0.25) is 4.79 Å². The molecule has 0 fully saturated rings. The van der Waals surface area contributed by atoms with E-state index in [1.54, 1.807) is 17.7 Å². The van der Waals surface area contributed by atoms with Gasteiger partial charge >= 0.3 is 5.97 Å². The molecule has 3 aromatic rings. The van der Waals surface area contributed by atoms with Gasteiger partial charge in [0, 0.05) is 22.7 Å². The van der Waals surface area contributed by atoms with Crippen LogP contribution in [0, 0.1) is 12.7 Å². The van der Waals surface area contributed by atoms with Gasteiger partial charge in [-0.2, -0.15) is 0 Å². The summed E-state index contributed by atoms with van der Waals surface area (Å²) in [6.07, 6.45) is 1.58. The molecule has 6 heteroatoms. The number of aryl methyl sites for hydroxylation is 1. The van der Waals surface area contributed by atoms with Crippen LogP contribution >= 0.6 is 11.3 Å². The average Bonchev–Trinajstić information content (AvgIpc) is 3.08. The number of nitrogens with zero attached hydrogens (tertiary/aromatic N) is 1. The second-order valence-corrected chi connectivity index (χ2v) is 6.26. The van der Waals surface area contributed by atoms with Crippen molar-refractivity contribution in [3.8, 4) is 0 Å². The van der Waals surface area contributed by atoms with Gasteiger partial charge in [0.2, 0.25) is 0 Å². The Morgan fingerprint density at radius 2 is 1.91 bits per heavy atom. The summed E-state index contributed by atoms with van der Waals surface area (Å²) < 4.78 is 14.6. The largest absolute Gasteiger partial charge is 0.480 e. The summed E-state index contributed by atoms with van der Waals surface area (Å²) in [4.78, 5) is 24.8. The fraction of sp³-hybridized carbons (Fsp3) is 0.176. The number of benzene rings is 1. The Bertz CT molecular complexity index is 908. The number of aliphatic carboxylic acids is 1. The number of fused-ring (bicyclic) bond motifs is 1. The van der Waals surface area contributed by atoms with Crippen molar-refractivity contribution in [2.75, 3.05) is 0 Å². The van der Waals surface area contributed by atoms with Crippen LogP contribution in [0.4, 0.5) is 4.39 Å². The molecule has 0 aliphatic heterocycles. The first-order valence-electron chi connectivity index (χ1n) is 7.02. The van der Waals surface area contributed by atoms with E-state index in [4.69, 9.17) is 0 Å². The Morgan fingerprint density at radius 3 is 2.52 bits per heavy atom. The van der Waals surface area contributed by atoms with Gasteiger partial charge < -0.3 is 9.67 Å². The molecule has 4 nitrogen and oxygen atoms in total. The third-order valence-electron chi connectivity index (χ3n) is 3.85. The van der Waals surface area contributed by atoms with Crippen LogP contribution in [0.25, 0.3) is 10.2 Å². The summed E-state index contributed by atoms with van der Waals surface area (Å²) in [5, 5.41) is 11.9. The summed E-state index contributed by atoms with van der Waals surface area (Å²) in [7, 11) is 0. The Morgan fingerprint density at radius 1 is 1.26 bits per heavy atom. The molecular weight excluding hydrogens is 317 g/mol. The van der Waals surface area contributed by atoms with Crippen LogP contribution in [0.15, 0.2) is 35.8 Å². The molecule has 0 saturated carbocycles. The van der Waals surface area contributed by atoms with Crippen LogP contribution in [0.5, 0.6) is 0 Å². The number of hydrogen-bond donors (Lipinski definition) is 1. The number of aromatic nitrogens is 1. The topological polar surface area (TPSA) is 59.3 Å². The van der Waals surface area contributed by atoms with Crippen LogP contribution in [0.3, 0.4) is 0 Å². The predicted octanol–water partition coefficient (Wildman–Crippen LogP) is 4.03. The SMILES string of the molecule is Cc1csc2c1c(C(=O)c1ccc(F)cc1)cn2C(C)C(=O)O. The van der Waals surface area contributed by atoms with E-state index in [2.05, 4.69) is 0 Å². The lowest BCUT2D eigenvalue weighted by Crippen LogP contribution is -2.14. The normalized spacial score (nSPS) is 12.5. The highest BCUT2D eigenvalue weighted by Crippen LogP contribution is 2.34. The minimum atomic E-state index is -0.964. The third-order valence-corrected chi connectivity index (χ3v) is 4.96. The van der Waals surface area contributed by atoms with E-state index in [0.717, 1.165) is 15.8 Å². The maximum Gasteiger partial charge on any atom is 0.326 e. The fourth-order valence-corrected chi connectivity index (χ4v) is 3.67. The Kier molecular flexibility index (Phi) is 3.77. The van der Waals surface area contributed by atoms with Crippen LogP contribution in [-0.4, -0.2) is 21.4 Å². The zero-order valence-corrected chi connectivity index (χ0v) is 13.4. The molecule has 2 heterocycles. The molecule has 0 bridgehead atoms. The first-order valence-corrected chi connectivity index (χ1v) is 7.90. The van der Waals surface area contributed by atoms with E-state index >= 15 is 0 Å². The number of carbonyl (C=O) groups excluding carboxylic acids is 1. The summed E-state index contributed by atoms with van der Waals surface area (Å²) in [6.45, 7) is 3.46. The number of halogens is 1. The van der Waals surface area contributed by atoms with Gasteiger partial charge in [0.05, 0.1) is 0 Å². The highest BCUT2D eigenvalue weighted by atomic mass is 32.1. The molecule has 1 unspecified atom stereocenters. The minimum Gasteiger partial charge on any atom is -0.480 e. The van der Waals surface area contributed by atoms with Crippen molar-refractivity contribution in [1.29, 1.82) is 0 Å². The summed E-state index contributed by atoms with van der Waals surface area (Å²) >= 11 is 1.41. The average molecular weight is 331 g/mol. The van der Waals surface area contributed by atoms with Crippen LogP contribution in [0.1, 0.15) is 34.5 Å². The number of ketones is 1. The molecule has 1 atom stereocenters. The molecule has 0 spiro atoms. The lowest BCUT2D eigenvalue weighted by Gasteiger charge is -2.08. The smallest absolute Gasteiger partial charge is 0.326 e. The Balaban J connectivity index is 2.17. The van der Waals surface area contributed by atoms with Gasteiger partial charge in [-0.15, -0.1) is 11.3 Å². The van der Waals surface area contributed by atoms with Gasteiger partial charge in [-0.1, -0.05) is 0 Å². The number of hydrogen-bond acceptors (Lipinski definition) is 3. The maximum atomic E-state index is 13.0. The van der Waals surface area contributed by atoms with E-state index in [1.165, 1.54) is 35.6 Å². The molecule has 0 saturated heterocycles. The molecule has 0 aliphatic carbocycles. The van der Waals surface area contributed by atoms with Crippen molar-refractivity contribution in [2.24, 2.45) is 0 Å². The number of carboxylic acid groups (broad SMARTS) is 1. The van der Waals surface area contributed by atoms with Crippen molar-refractivity contribution in [2.45, 2.75) is 19.9 Å². The maximum absolute atomic E-state index is 13.0. The molecule has 1 aromatic carbocycles. The minimum absolute atomic E-state index is 0.243. The summed E-state index contributed by atoms with van der Waals surface area (Å²) in [6, 6.07) is 4.57. The summed E-state index contributed by atoms with van der Waals surface area (Å²) in [5.41, 5.74) is 1.74. The van der Waals surface area contributed by atoms with Crippen molar-refractivity contribution in [1.82, 2.24) is 4.57 Å². The number of rotatable bonds is 4. The highest BCUT2D eigenvalue weighted by molar-refractivity contribution is 7.17. The molecule has 3 rings (SSSR count). The zero-order chi connectivity index (χ0) is 16.7. The first-order chi connectivity index (χ1) is 10.9. The standard InChI is InChI=1S/C17H14FNO3S/c1-9-8-23-16-14(9)13(7-19(16)10(2)17(21)22)15(20)11-3-5-12(18)6-4-11/h3-8,10H,1-2H3,(H,21,22). The monoisotopic (exact) mass is 331 g/mol. The van der Waals surface area contributed by atoms with Gasteiger partial charge in [-0.05, 0) is 49.1 Å². The molecule has 23 heavy (non-hydrogen) atoms. The van der Waals surface area contributed by atoms with Crippen LogP contribution < -0.4 is 0 Å². The third kappa shape index (κ3) is 2.55. The van der Waals surface area contributed by atoms with Crippen molar-refractivity contribution in [3.63, 3.8) is 0 Å². The molecule has 0 radical (unpaired) electrons. The van der Waals surface area contributed by atoms with E-state index in [9.17, 15) is 19.1 Å². The van der Waals surface area contributed by atoms with Crippen LogP contribution in [-0.2, 0) is 4.79 Å². The van der Waals surface area contributed by atoms with Crippen molar-refractivity contribution < 1.29 is 19.1 Å². The summed E-state index contributed by atoms with van der Waals surface area (Å²) in [5.74, 6) is -1.61. The Labute approximate surface area is 135 Å². The zero-order valence-electron chi connectivity index (χ0n) is 12.5. The van der Waals surface area contributed by atoms with Crippen molar-refractivity contribution in [3.05, 3.63) is 58.3 Å². The lowest BCUT2D eigenvalue weighted by atomic mass is 10.0. The Hall–Kier alpha value is -2.47. The van der Waals surface area contributed by atoms with E-state index < -0.39 is 17.8 Å². The second kappa shape index (κ2) is 5.62. The molecular formula is C17H14FNO3S. The van der Waals surface area contributed by atoms with Crippen molar-refractivity contribution >= 4 is 33.3 Å². The predicted molar refractivity (Wildman–Crippen MR) is 86.7 cm³/mol. The highest BCUT2D eigenvalue weighted by Gasteiger charge is 2.24. The van der Waals surface area contributed by atoms with Gasteiger partial charge in [-0.25, -0.2) is 9.18 Å². The van der Waals surface area contributed by atoms with Gasteiger partial charge in [0.15, 0.2) is 5.78 Å². The van der Waals surface area contributed by atoms with Crippen LogP contribution in [0.2, 0.25) is 0 Å². The molecule has 1 N–H and O–H groups in total. The van der Waals surface area contributed by atoms with E-state index in [-0.39, 0.29) is 5.78 Å². The van der Waals surface area contributed by atoms with Gasteiger partial charge in [0.1, 0.15) is 16.7 Å². The first kappa shape index (κ1) is 15.4. The molecule has 2 aromatic heterocycles. The quantitative estimate of drug-likeness (QED) is 0.734. The van der Waals surface area contributed by atoms with E-state index in [0.29, 0.717) is 11.1 Å². The fourth-order valence-electron chi connectivity index (χ4n) is 2.55. The van der Waals surface area contributed by atoms with E-state index in [1.807, 2.05) is 12.3 Å². The lowest BCUT2D eigenvalue weighted by molar-refractivity contribution is -0.140. The van der Waals surface area contributed by atoms with Gasteiger partial charge in [0.25, 0.3) is 0 Å². The number of thiophene rings is 1. The molecule has 118 valence electrons.